The number of hydrogen-bond acceptors (Lipinski definition) is 3. The molecule has 0 fully saturated rings. The molecule has 0 aromatic carbocycles. The third-order valence-electron chi connectivity index (χ3n) is 1.42. The summed E-state index contributed by atoms with van der Waals surface area (Å²) in [7, 11) is 0. The fourth-order valence-electron chi connectivity index (χ4n) is 0.897. The average molecular weight is 221 g/mol. The van der Waals surface area contributed by atoms with Gasteiger partial charge in [0, 0.05) is 20.7 Å². The van der Waals surface area contributed by atoms with E-state index < -0.39 is 5.97 Å². The molecule has 1 aromatic heterocycles. The first-order chi connectivity index (χ1) is 7.22. The number of rotatable bonds is 3. The quantitative estimate of drug-likeness (QED) is 0.366. The zero-order chi connectivity index (χ0) is 11.1. The van der Waals surface area contributed by atoms with E-state index in [4.69, 9.17) is 10.6 Å². The third-order valence-corrected chi connectivity index (χ3v) is 2.36. The highest BCUT2D eigenvalue weighted by molar-refractivity contribution is 7.10. The van der Waals surface area contributed by atoms with E-state index in [9.17, 15) is 4.79 Å². The van der Waals surface area contributed by atoms with E-state index in [1.54, 1.807) is 11.4 Å². The Balaban J connectivity index is 2.62. The predicted octanol–water partition coefficient (Wildman–Crippen LogP) is 2.04. The lowest BCUT2D eigenvalue weighted by atomic mass is 10.3. The third kappa shape index (κ3) is 4.18. The molecule has 0 saturated heterocycles. The summed E-state index contributed by atoms with van der Waals surface area (Å²) in [5.41, 5.74) is 8.75. The van der Waals surface area contributed by atoms with Crippen molar-refractivity contribution < 1.29 is 9.90 Å². The highest BCUT2D eigenvalue weighted by Crippen LogP contribution is 2.14. The fourth-order valence-corrected chi connectivity index (χ4v) is 1.70. The van der Waals surface area contributed by atoms with Crippen LogP contribution in [0, 0.1) is 11.8 Å². The van der Waals surface area contributed by atoms with Gasteiger partial charge in [-0.15, -0.1) is 11.3 Å². The normalized spacial score (nSPS) is 8.53. The first-order valence-corrected chi connectivity index (χ1v) is 4.89. The van der Waals surface area contributed by atoms with Crippen molar-refractivity contribution in [3.8, 4) is 11.8 Å². The van der Waals surface area contributed by atoms with Gasteiger partial charge in [0.2, 0.25) is 0 Å². The number of azide groups is 1. The summed E-state index contributed by atoms with van der Waals surface area (Å²) in [6.07, 6.45) is 0.0166. The Morgan fingerprint density at radius 2 is 2.53 bits per heavy atom. The number of carboxylic acid groups (broad SMARTS) is 1. The van der Waals surface area contributed by atoms with E-state index in [1.807, 2.05) is 0 Å². The zero-order valence-electron chi connectivity index (χ0n) is 7.67. The van der Waals surface area contributed by atoms with Crippen LogP contribution in [0.15, 0.2) is 16.6 Å². The van der Waals surface area contributed by atoms with E-state index in [1.165, 1.54) is 11.3 Å². The van der Waals surface area contributed by atoms with Crippen LogP contribution >= 0.6 is 11.3 Å². The first kappa shape index (κ1) is 11.1. The van der Waals surface area contributed by atoms with Crippen LogP contribution in [0.2, 0.25) is 0 Å². The molecule has 1 N–H and O–H groups in total. The summed E-state index contributed by atoms with van der Waals surface area (Å²) >= 11 is 1.35. The summed E-state index contributed by atoms with van der Waals surface area (Å²) in [4.78, 5) is 13.7. The zero-order valence-corrected chi connectivity index (χ0v) is 8.49. The number of carboxylic acids is 1. The molecule has 1 aromatic rings. The van der Waals surface area contributed by atoms with Crippen LogP contribution in [0.3, 0.4) is 0 Å². The Hall–Kier alpha value is -1.96. The maximum Gasteiger partial charge on any atom is 0.308 e. The van der Waals surface area contributed by atoms with Crippen molar-refractivity contribution in [2.24, 2.45) is 5.11 Å². The van der Waals surface area contributed by atoms with Crippen LogP contribution in [0.5, 0.6) is 0 Å². The van der Waals surface area contributed by atoms with Crippen LogP contribution in [-0.4, -0.2) is 17.6 Å². The van der Waals surface area contributed by atoms with Gasteiger partial charge in [-0.1, -0.05) is 17.0 Å². The largest absolute Gasteiger partial charge is 0.481 e. The molecule has 0 bridgehead atoms. The van der Waals surface area contributed by atoms with Crippen molar-refractivity contribution in [1.82, 2.24) is 0 Å². The van der Waals surface area contributed by atoms with Gasteiger partial charge < -0.3 is 5.11 Å². The summed E-state index contributed by atoms with van der Waals surface area (Å²) < 4.78 is 0. The Labute approximate surface area is 90.0 Å². The Morgan fingerprint density at radius 3 is 3.20 bits per heavy atom. The molecule has 0 spiro atoms. The smallest absolute Gasteiger partial charge is 0.308 e. The maximum absolute atomic E-state index is 10.4. The van der Waals surface area contributed by atoms with Gasteiger partial charge in [-0.2, -0.15) is 0 Å². The van der Waals surface area contributed by atoms with Crippen LogP contribution in [0.25, 0.3) is 10.4 Å². The predicted molar refractivity (Wildman–Crippen MR) is 56.5 cm³/mol. The Bertz CT molecular complexity index is 463. The van der Waals surface area contributed by atoms with Crippen molar-refractivity contribution in [3.05, 3.63) is 32.3 Å². The van der Waals surface area contributed by atoms with Crippen molar-refractivity contribution in [3.63, 3.8) is 0 Å². The highest BCUT2D eigenvalue weighted by atomic mass is 32.1. The lowest BCUT2D eigenvalue weighted by Gasteiger charge is -1.85. The lowest BCUT2D eigenvalue weighted by Crippen LogP contribution is -1.97. The molecule has 1 rings (SSSR count). The van der Waals surface area contributed by atoms with Crippen LogP contribution in [-0.2, 0) is 11.2 Å². The van der Waals surface area contributed by atoms with E-state index in [0.29, 0.717) is 0 Å². The monoisotopic (exact) mass is 221 g/mol. The number of thiophene rings is 1. The summed E-state index contributed by atoms with van der Waals surface area (Å²) in [6.45, 7) is 0.126. The van der Waals surface area contributed by atoms with Crippen molar-refractivity contribution in [2.75, 3.05) is 6.54 Å². The number of aliphatic carboxylic acids is 1. The minimum Gasteiger partial charge on any atom is -0.481 e. The number of carbonyl (C=O) groups is 1. The molecule has 0 aliphatic carbocycles. The van der Waals surface area contributed by atoms with E-state index in [-0.39, 0.29) is 13.0 Å². The molecule has 0 saturated carbocycles. The molecule has 0 unspecified atom stereocenters. The second-order valence-corrected chi connectivity index (χ2v) is 3.56. The molecule has 6 heteroatoms. The molecule has 5 nitrogen and oxygen atoms in total. The SMILES string of the molecule is [N-]=[N+]=NCC#Cc1csc(CC(=O)O)c1. The maximum atomic E-state index is 10.4. The molecule has 0 atom stereocenters. The fraction of sp³-hybridized carbons (Fsp3) is 0.222. The number of hydrogen-bond donors (Lipinski definition) is 1. The minimum absolute atomic E-state index is 0.0166. The summed E-state index contributed by atoms with van der Waals surface area (Å²) in [6, 6.07) is 1.72. The summed E-state index contributed by atoms with van der Waals surface area (Å²) in [5, 5.41) is 13.6. The average Bonchev–Trinajstić information content (AvgIpc) is 2.59. The molecular formula is C9H7N3O2S. The van der Waals surface area contributed by atoms with Crippen LogP contribution in [0.1, 0.15) is 10.4 Å². The molecule has 0 aliphatic heterocycles. The standard InChI is InChI=1S/C9H7N3O2S/c10-12-11-3-1-2-7-4-8(15-6-7)5-9(13)14/h4,6H,3,5H2,(H,13,14). The van der Waals surface area contributed by atoms with Gasteiger partial charge in [0.1, 0.15) is 0 Å². The van der Waals surface area contributed by atoms with E-state index in [2.05, 4.69) is 21.9 Å². The number of nitrogens with zero attached hydrogens (tertiary/aromatic N) is 3. The highest BCUT2D eigenvalue weighted by Gasteiger charge is 2.02. The van der Waals surface area contributed by atoms with Gasteiger partial charge >= 0.3 is 5.97 Å². The van der Waals surface area contributed by atoms with Crippen LogP contribution in [0.4, 0.5) is 0 Å². The second-order valence-electron chi connectivity index (χ2n) is 2.56. The van der Waals surface area contributed by atoms with Crippen LogP contribution < -0.4 is 0 Å². The van der Waals surface area contributed by atoms with Gasteiger partial charge in [-0.3, -0.25) is 4.79 Å². The molecule has 1 heterocycles. The topological polar surface area (TPSA) is 86.1 Å². The molecule has 0 amide bonds. The molecule has 0 radical (unpaired) electrons. The van der Waals surface area contributed by atoms with E-state index in [0.717, 1.165) is 10.4 Å². The second kappa shape index (κ2) is 5.70. The summed E-state index contributed by atoms with van der Waals surface area (Å²) in [5.74, 6) is 4.58. The van der Waals surface area contributed by atoms with E-state index >= 15 is 0 Å². The van der Waals surface area contributed by atoms with Gasteiger partial charge in [-0.05, 0) is 11.6 Å². The van der Waals surface area contributed by atoms with Crippen molar-refractivity contribution in [2.45, 2.75) is 6.42 Å². The lowest BCUT2D eigenvalue weighted by molar-refractivity contribution is -0.136. The van der Waals surface area contributed by atoms with Crippen molar-refractivity contribution >= 4 is 17.3 Å². The first-order valence-electron chi connectivity index (χ1n) is 4.01. The molecule has 0 aliphatic rings. The van der Waals surface area contributed by atoms with Crippen molar-refractivity contribution in [1.29, 1.82) is 0 Å². The Kier molecular flexibility index (Phi) is 4.23. The van der Waals surface area contributed by atoms with Gasteiger partial charge in [0.05, 0.1) is 13.0 Å². The van der Waals surface area contributed by atoms with Gasteiger partial charge in [0.15, 0.2) is 0 Å². The minimum atomic E-state index is -0.856. The molecule has 15 heavy (non-hydrogen) atoms. The van der Waals surface area contributed by atoms with Gasteiger partial charge in [0.25, 0.3) is 0 Å². The van der Waals surface area contributed by atoms with Gasteiger partial charge in [-0.25, -0.2) is 0 Å². The Morgan fingerprint density at radius 1 is 1.73 bits per heavy atom. The molecule has 76 valence electrons. The molecular weight excluding hydrogens is 214 g/mol.